The maximum atomic E-state index is 13.5. The molecule has 0 aliphatic heterocycles. The summed E-state index contributed by atoms with van der Waals surface area (Å²) in [6.45, 7) is 1.44. The highest BCUT2D eigenvalue weighted by Crippen LogP contribution is 2.25. The second-order valence-electron chi connectivity index (χ2n) is 4.44. The Hall–Kier alpha value is -2.55. The van der Waals surface area contributed by atoms with Crippen molar-refractivity contribution in [3.05, 3.63) is 63.7 Å². The molecule has 1 N–H and O–H groups in total. The lowest BCUT2D eigenvalue weighted by Crippen LogP contribution is -2.15. The summed E-state index contributed by atoms with van der Waals surface area (Å²) in [6.07, 6.45) is 0. The first-order valence-corrected chi connectivity index (χ1v) is 7.42. The molecule has 0 aliphatic carbocycles. The van der Waals surface area contributed by atoms with E-state index in [-0.39, 0.29) is 10.5 Å². The van der Waals surface area contributed by atoms with E-state index in [1.165, 1.54) is 13.0 Å². The van der Waals surface area contributed by atoms with E-state index >= 15 is 0 Å². The fourth-order valence-corrected chi connectivity index (χ4v) is 3.10. The number of benzene rings is 2. The third-order valence-electron chi connectivity index (χ3n) is 2.85. The minimum Gasteiger partial charge on any atom is -0.277 e. The second kappa shape index (κ2) is 5.68. The highest BCUT2D eigenvalue weighted by Gasteiger charge is 2.22. The topological polar surface area (TPSA) is 89.3 Å². The Balaban J connectivity index is 2.46. The third kappa shape index (κ3) is 3.19. The number of non-ortho nitro benzene ring substituents is 1. The van der Waals surface area contributed by atoms with Crippen LogP contribution < -0.4 is 4.72 Å². The lowest BCUT2D eigenvalue weighted by Gasteiger charge is -2.11. The van der Waals surface area contributed by atoms with Crippen molar-refractivity contribution in [1.29, 1.82) is 0 Å². The Labute approximate surface area is 124 Å². The van der Waals surface area contributed by atoms with Crippen LogP contribution in [0, 0.1) is 28.7 Å². The van der Waals surface area contributed by atoms with Crippen LogP contribution >= 0.6 is 0 Å². The molecule has 0 bridgehead atoms. The van der Waals surface area contributed by atoms with Crippen molar-refractivity contribution in [1.82, 2.24) is 0 Å². The van der Waals surface area contributed by atoms with Crippen molar-refractivity contribution < 1.29 is 22.1 Å². The number of anilines is 1. The molecule has 0 fully saturated rings. The van der Waals surface area contributed by atoms with Crippen molar-refractivity contribution in [2.45, 2.75) is 11.8 Å². The van der Waals surface area contributed by atoms with Gasteiger partial charge in [-0.2, -0.15) is 0 Å². The van der Waals surface area contributed by atoms with E-state index in [9.17, 15) is 27.3 Å². The molecule has 9 heteroatoms. The van der Waals surface area contributed by atoms with E-state index in [2.05, 4.69) is 0 Å². The molecule has 2 aromatic rings. The minimum absolute atomic E-state index is 0.251. The number of nitrogens with one attached hydrogen (secondary N) is 1. The van der Waals surface area contributed by atoms with Gasteiger partial charge in [-0.1, -0.05) is 6.07 Å². The van der Waals surface area contributed by atoms with Gasteiger partial charge in [0, 0.05) is 18.2 Å². The molecule has 0 saturated heterocycles. The zero-order valence-corrected chi connectivity index (χ0v) is 12.0. The predicted octanol–water partition coefficient (Wildman–Crippen LogP) is 2.98. The summed E-state index contributed by atoms with van der Waals surface area (Å²) in [7, 11) is -4.25. The molecule has 22 heavy (non-hydrogen) atoms. The molecule has 2 aromatic carbocycles. The molecule has 0 atom stereocenters. The molecule has 0 amide bonds. The van der Waals surface area contributed by atoms with Gasteiger partial charge in [-0.3, -0.25) is 14.8 Å². The molecule has 0 unspecified atom stereocenters. The maximum Gasteiger partial charge on any atom is 0.270 e. The van der Waals surface area contributed by atoms with Gasteiger partial charge >= 0.3 is 0 Å². The normalized spacial score (nSPS) is 11.2. The van der Waals surface area contributed by atoms with Gasteiger partial charge in [0.2, 0.25) is 0 Å². The maximum absolute atomic E-state index is 13.5. The summed E-state index contributed by atoms with van der Waals surface area (Å²) in [5.41, 5.74) is -0.613. The molecule has 0 heterocycles. The van der Waals surface area contributed by atoms with Gasteiger partial charge in [-0.15, -0.1) is 0 Å². The molecule has 2 rings (SSSR count). The van der Waals surface area contributed by atoms with Crippen LogP contribution in [0.1, 0.15) is 5.56 Å². The first kappa shape index (κ1) is 15.8. The molecule has 6 nitrogen and oxygen atoms in total. The van der Waals surface area contributed by atoms with Gasteiger partial charge in [0.15, 0.2) is 0 Å². The van der Waals surface area contributed by atoms with Crippen LogP contribution in [-0.4, -0.2) is 13.3 Å². The summed E-state index contributed by atoms with van der Waals surface area (Å²) in [6, 6.07) is 5.65. The SMILES string of the molecule is Cc1ccc([N+](=O)[O-])cc1S(=O)(=O)Nc1ccc(F)cc1F. The van der Waals surface area contributed by atoms with Crippen LogP contribution in [-0.2, 0) is 10.0 Å². The van der Waals surface area contributed by atoms with Crippen molar-refractivity contribution in [2.75, 3.05) is 4.72 Å². The number of nitrogens with zero attached hydrogens (tertiary/aromatic N) is 1. The molecular formula is C13H10F2N2O4S. The number of sulfonamides is 1. The average molecular weight is 328 g/mol. The summed E-state index contributed by atoms with van der Waals surface area (Å²) in [4.78, 5) is 9.63. The quantitative estimate of drug-likeness (QED) is 0.690. The van der Waals surface area contributed by atoms with Gasteiger partial charge in [0.1, 0.15) is 11.6 Å². The average Bonchev–Trinajstić information content (AvgIpc) is 2.42. The molecule has 0 saturated carbocycles. The zero-order valence-electron chi connectivity index (χ0n) is 11.2. The van der Waals surface area contributed by atoms with Crippen LogP contribution in [0.2, 0.25) is 0 Å². The largest absolute Gasteiger partial charge is 0.277 e. The Morgan fingerprint density at radius 1 is 1.14 bits per heavy atom. The Kier molecular flexibility index (Phi) is 4.09. The van der Waals surface area contributed by atoms with Gasteiger partial charge in [-0.25, -0.2) is 17.2 Å². The lowest BCUT2D eigenvalue weighted by atomic mass is 10.2. The van der Waals surface area contributed by atoms with E-state index in [0.717, 1.165) is 24.3 Å². The standard InChI is InChI=1S/C13H10F2N2O4S/c1-8-2-4-10(17(18)19)7-13(8)22(20,21)16-12-5-3-9(14)6-11(12)15/h2-7,16H,1H3. The number of nitro benzene ring substituents is 1. The molecule has 0 radical (unpaired) electrons. The van der Waals surface area contributed by atoms with E-state index in [1.54, 1.807) is 0 Å². The Morgan fingerprint density at radius 3 is 2.41 bits per heavy atom. The minimum atomic E-state index is -4.25. The summed E-state index contributed by atoms with van der Waals surface area (Å²) >= 11 is 0. The van der Waals surface area contributed by atoms with Crippen LogP contribution in [0.3, 0.4) is 0 Å². The summed E-state index contributed by atoms with van der Waals surface area (Å²) in [5, 5.41) is 10.7. The zero-order chi connectivity index (χ0) is 16.5. The second-order valence-corrected chi connectivity index (χ2v) is 6.09. The van der Waals surface area contributed by atoms with Gasteiger partial charge in [0.25, 0.3) is 15.7 Å². The van der Waals surface area contributed by atoms with E-state index in [4.69, 9.17) is 0 Å². The van der Waals surface area contributed by atoms with E-state index in [0.29, 0.717) is 6.07 Å². The molecule has 0 aromatic heterocycles. The van der Waals surface area contributed by atoms with Crippen molar-refractivity contribution >= 4 is 21.4 Å². The summed E-state index contributed by atoms with van der Waals surface area (Å²) in [5.74, 6) is -1.95. The molecule has 0 aliphatic rings. The molecule has 0 spiro atoms. The first-order chi connectivity index (χ1) is 10.2. The fourth-order valence-electron chi connectivity index (χ4n) is 1.76. The first-order valence-electron chi connectivity index (χ1n) is 5.93. The lowest BCUT2D eigenvalue weighted by molar-refractivity contribution is -0.385. The Morgan fingerprint density at radius 2 is 1.82 bits per heavy atom. The predicted molar refractivity (Wildman–Crippen MR) is 75.0 cm³/mol. The number of halogens is 2. The Bertz CT molecular complexity index is 853. The number of nitro groups is 1. The van der Waals surface area contributed by atoms with Crippen LogP contribution in [0.15, 0.2) is 41.3 Å². The molecule has 116 valence electrons. The van der Waals surface area contributed by atoms with Crippen LogP contribution in [0.25, 0.3) is 0 Å². The number of aryl methyl sites for hydroxylation is 1. The smallest absolute Gasteiger partial charge is 0.270 e. The van der Waals surface area contributed by atoms with Crippen LogP contribution in [0.4, 0.5) is 20.2 Å². The van der Waals surface area contributed by atoms with Gasteiger partial charge < -0.3 is 0 Å². The highest BCUT2D eigenvalue weighted by atomic mass is 32.2. The number of hydrogen-bond acceptors (Lipinski definition) is 4. The van der Waals surface area contributed by atoms with Gasteiger partial charge in [-0.05, 0) is 24.6 Å². The summed E-state index contributed by atoms with van der Waals surface area (Å²) < 4.78 is 52.8. The van der Waals surface area contributed by atoms with Gasteiger partial charge in [0.05, 0.1) is 15.5 Å². The third-order valence-corrected chi connectivity index (χ3v) is 4.36. The number of rotatable bonds is 4. The fraction of sp³-hybridized carbons (Fsp3) is 0.0769. The van der Waals surface area contributed by atoms with Crippen molar-refractivity contribution in [3.63, 3.8) is 0 Å². The van der Waals surface area contributed by atoms with Crippen LogP contribution in [0.5, 0.6) is 0 Å². The van der Waals surface area contributed by atoms with Crippen molar-refractivity contribution in [2.24, 2.45) is 0 Å². The number of hydrogen-bond donors (Lipinski definition) is 1. The van der Waals surface area contributed by atoms with E-state index in [1.807, 2.05) is 4.72 Å². The van der Waals surface area contributed by atoms with E-state index < -0.39 is 38.0 Å². The molecular weight excluding hydrogens is 318 g/mol. The highest BCUT2D eigenvalue weighted by molar-refractivity contribution is 7.92. The monoisotopic (exact) mass is 328 g/mol. The van der Waals surface area contributed by atoms with Crippen molar-refractivity contribution in [3.8, 4) is 0 Å².